The molecule has 0 unspecified atom stereocenters. The van der Waals surface area contributed by atoms with Crippen LogP contribution in [0.2, 0.25) is 5.02 Å². The molecule has 2 aromatic heterocycles. The molecule has 1 amide bonds. The second-order valence-corrected chi connectivity index (χ2v) is 8.85. The molecule has 2 N–H and O–H groups in total. The first-order valence-corrected chi connectivity index (χ1v) is 11.0. The zero-order valence-corrected chi connectivity index (χ0v) is 18.1. The molecule has 170 valence electrons. The minimum absolute atomic E-state index is 0.0874. The lowest BCUT2D eigenvalue weighted by Gasteiger charge is -2.10. The van der Waals surface area contributed by atoms with Crippen LogP contribution >= 0.6 is 11.6 Å². The van der Waals surface area contributed by atoms with E-state index in [1.165, 1.54) is 42.1 Å². The number of hydrogen-bond acceptors (Lipinski definition) is 5. The van der Waals surface area contributed by atoms with Gasteiger partial charge in [-0.25, -0.2) is 17.8 Å². The summed E-state index contributed by atoms with van der Waals surface area (Å²) in [7, 11) is -2.03. The molecule has 0 radical (unpaired) electrons. The van der Waals surface area contributed by atoms with E-state index in [9.17, 15) is 26.4 Å². The van der Waals surface area contributed by atoms with Gasteiger partial charge in [0.15, 0.2) is 5.75 Å². The van der Waals surface area contributed by atoms with Crippen molar-refractivity contribution in [3.63, 3.8) is 0 Å². The van der Waals surface area contributed by atoms with Gasteiger partial charge in [-0.1, -0.05) is 11.6 Å². The number of carbonyl (C=O) groups excluding carboxylic acids is 1. The molecule has 0 aliphatic carbocycles. The van der Waals surface area contributed by atoms with E-state index < -0.39 is 34.1 Å². The smallest absolute Gasteiger partial charge is 0.387 e. The van der Waals surface area contributed by atoms with E-state index in [2.05, 4.69) is 19.8 Å². The number of anilines is 2. The number of aryl methyl sites for hydroxylation is 1. The van der Waals surface area contributed by atoms with Crippen molar-refractivity contribution >= 4 is 38.9 Å². The van der Waals surface area contributed by atoms with Crippen LogP contribution in [0.5, 0.6) is 5.75 Å². The number of nitrogens with one attached hydrogen (secondary N) is 2. The van der Waals surface area contributed by atoms with E-state index in [0.717, 1.165) is 18.5 Å². The van der Waals surface area contributed by atoms with E-state index in [-0.39, 0.29) is 33.3 Å². The number of benzene rings is 1. The van der Waals surface area contributed by atoms with E-state index >= 15 is 0 Å². The molecule has 2 heterocycles. The summed E-state index contributed by atoms with van der Waals surface area (Å²) in [5.41, 5.74) is 0.607. The van der Waals surface area contributed by atoms with Crippen LogP contribution in [0.4, 0.5) is 24.5 Å². The van der Waals surface area contributed by atoms with Crippen molar-refractivity contribution < 1.29 is 31.1 Å². The summed E-state index contributed by atoms with van der Waals surface area (Å²) in [4.78, 5) is 16.5. The van der Waals surface area contributed by atoms with Gasteiger partial charge in [0.05, 0.1) is 29.4 Å². The van der Waals surface area contributed by atoms with Gasteiger partial charge in [-0.15, -0.1) is 0 Å². The Kier molecular flexibility index (Phi) is 6.65. The number of carbonyl (C=O) groups is 1. The molecule has 8 nitrogen and oxygen atoms in total. The highest BCUT2D eigenvalue weighted by Gasteiger charge is 2.19. The van der Waals surface area contributed by atoms with Crippen molar-refractivity contribution in [2.45, 2.75) is 6.61 Å². The molecule has 3 rings (SSSR count). The van der Waals surface area contributed by atoms with Crippen molar-refractivity contribution in [3.8, 4) is 17.1 Å². The number of pyridine rings is 1. The van der Waals surface area contributed by atoms with Crippen LogP contribution in [0.25, 0.3) is 11.4 Å². The Morgan fingerprint density at radius 1 is 1.19 bits per heavy atom. The first-order chi connectivity index (χ1) is 14.9. The first-order valence-electron chi connectivity index (χ1n) is 8.78. The maximum Gasteiger partial charge on any atom is 0.387 e. The quantitative estimate of drug-likeness (QED) is 0.521. The molecule has 13 heteroatoms. The molecule has 0 atom stereocenters. The zero-order chi connectivity index (χ0) is 23.6. The topological polar surface area (TPSA) is 102 Å². The highest BCUT2D eigenvalue weighted by molar-refractivity contribution is 7.92. The lowest BCUT2D eigenvalue weighted by molar-refractivity contribution is -0.0498. The largest absolute Gasteiger partial charge is 0.432 e. The van der Waals surface area contributed by atoms with Crippen molar-refractivity contribution in [2.75, 3.05) is 16.3 Å². The number of halogens is 4. The summed E-state index contributed by atoms with van der Waals surface area (Å²) in [5, 5.41) is 2.74. The van der Waals surface area contributed by atoms with Crippen LogP contribution in [-0.4, -0.2) is 36.7 Å². The van der Waals surface area contributed by atoms with Crippen LogP contribution in [0, 0.1) is 5.82 Å². The third kappa shape index (κ3) is 5.92. The first kappa shape index (κ1) is 23.4. The fourth-order valence-corrected chi connectivity index (χ4v) is 3.64. The lowest BCUT2D eigenvalue weighted by atomic mass is 10.2. The third-order valence-electron chi connectivity index (χ3n) is 4.00. The molecule has 32 heavy (non-hydrogen) atoms. The van der Waals surface area contributed by atoms with Crippen LogP contribution < -0.4 is 14.8 Å². The Morgan fingerprint density at radius 3 is 2.53 bits per heavy atom. The average molecular weight is 489 g/mol. The van der Waals surface area contributed by atoms with Crippen LogP contribution in [0.15, 0.2) is 42.7 Å². The SMILES string of the molecule is Cn1cc(C(=O)Nc2cc(Cl)cc(NS(C)(=O)=O)c2)cc1-c1ncc(F)cc1OC(F)F. The number of amides is 1. The molecule has 0 aliphatic rings. The second kappa shape index (κ2) is 9.09. The summed E-state index contributed by atoms with van der Waals surface area (Å²) < 4.78 is 69.7. The molecule has 0 bridgehead atoms. The molecule has 3 aromatic rings. The van der Waals surface area contributed by atoms with Crippen molar-refractivity contribution in [1.82, 2.24) is 9.55 Å². The van der Waals surface area contributed by atoms with Gasteiger partial charge in [0.2, 0.25) is 10.0 Å². The Labute approximate surface area is 186 Å². The minimum atomic E-state index is -3.56. The average Bonchev–Trinajstić information content (AvgIpc) is 3.01. The Morgan fingerprint density at radius 2 is 1.88 bits per heavy atom. The predicted molar refractivity (Wildman–Crippen MR) is 113 cm³/mol. The molecule has 0 aliphatic heterocycles. The molecule has 1 aromatic carbocycles. The fraction of sp³-hybridized carbons (Fsp3) is 0.158. The van der Waals surface area contributed by atoms with Crippen molar-refractivity contribution in [1.29, 1.82) is 0 Å². The number of alkyl halides is 2. The van der Waals surface area contributed by atoms with Gasteiger partial charge in [0, 0.05) is 30.0 Å². The van der Waals surface area contributed by atoms with E-state index in [1.807, 2.05) is 0 Å². The van der Waals surface area contributed by atoms with Gasteiger partial charge < -0.3 is 14.6 Å². The Balaban J connectivity index is 1.89. The summed E-state index contributed by atoms with van der Waals surface area (Å²) in [5.74, 6) is -1.95. The number of nitrogens with zero attached hydrogens (tertiary/aromatic N) is 2. The molecule has 0 saturated heterocycles. The number of sulfonamides is 1. The Hall–Kier alpha value is -3.25. The molecular formula is C19H16ClF3N4O4S. The summed E-state index contributed by atoms with van der Waals surface area (Å²) >= 11 is 5.99. The number of hydrogen-bond donors (Lipinski definition) is 2. The van der Waals surface area contributed by atoms with Crippen LogP contribution in [0.1, 0.15) is 10.4 Å². The second-order valence-electron chi connectivity index (χ2n) is 6.66. The van der Waals surface area contributed by atoms with Gasteiger partial charge in [-0.2, -0.15) is 8.78 Å². The summed E-state index contributed by atoms with van der Waals surface area (Å²) in [6.45, 7) is -3.20. The van der Waals surface area contributed by atoms with Gasteiger partial charge in [0.1, 0.15) is 11.5 Å². The standard InChI is InChI=1S/C19H16ClF3N4O4S/c1-27-9-10(3-15(27)17-16(31-19(22)23)6-12(21)8-24-17)18(28)25-13-4-11(20)5-14(7-13)26-32(2,29)30/h3-9,19,26H,1-2H3,(H,25,28). The van der Waals surface area contributed by atoms with Crippen molar-refractivity contribution in [3.05, 3.63) is 59.1 Å². The van der Waals surface area contributed by atoms with Gasteiger partial charge in [-0.05, 0) is 24.3 Å². The zero-order valence-electron chi connectivity index (χ0n) is 16.6. The molecule has 0 saturated carbocycles. The van der Waals surface area contributed by atoms with Crippen LogP contribution in [0.3, 0.4) is 0 Å². The van der Waals surface area contributed by atoms with Gasteiger partial charge >= 0.3 is 6.61 Å². The van der Waals surface area contributed by atoms with E-state index in [1.54, 1.807) is 0 Å². The minimum Gasteiger partial charge on any atom is -0.432 e. The van der Waals surface area contributed by atoms with Crippen LogP contribution in [-0.2, 0) is 17.1 Å². The highest BCUT2D eigenvalue weighted by Crippen LogP contribution is 2.31. The van der Waals surface area contributed by atoms with Crippen molar-refractivity contribution in [2.24, 2.45) is 7.05 Å². The molecule has 0 fully saturated rings. The highest BCUT2D eigenvalue weighted by atomic mass is 35.5. The molecular weight excluding hydrogens is 473 g/mol. The maximum absolute atomic E-state index is 13.4. The van der Waals surface area contributed by atoms with E-state index in [4.69, 9.17) is 11.6 Å². The summed E-state index contributed by atoms with van der Waals surface area (Å²) in [6, 6.07) is 6.26. The van der Waals surface area contributed by atoms with Gasteiger partial charge in [0.25, 0.3) is 5.91 Å². The maximum atomic E-state index is 13.4. The predicted octanol–water partition coefficient (Wildman–Crippen LogP) is 4.10. The fourth-order valence-electron chi connectivity index (χ4n) is 2.86. The summed E-state index contributed by atoms with van der Waals surface area (Å²) in [6.07, 6.45) is 3.21. The normalized spacial score (nSPS) is 11.5. The van der Waals surface area contributed by atoms with E-state index in [0.29, 0.717) is 0 Å². The van der Waals surface area contributed by atoms with Gasteiger partial charge in [-0.3, -0.25) is 9.52 Å². The number of aromatic nitrogens is 2. The lowest BCUT2D eigenvalue weighted by Crippen LogP contribution is -2.13. The number of ether oxygens (including phenoxy) is 1. The number of rotatable bonds is 7. The Bertz CT molecular complexity index is 1280. The molecule has 0 spiro atoms. The monoisotopic (exact) mass is 488 g/mol. The third-order valence-corrected chi connectivity index (χ3v) is 4.83.